The maximum atomic E-state index is 11.1. The lowest BCUT2D eigenvalue weighted by Crippen LogP contribution is -2.33. The quantitative estimate of drug-likeness (QED) is 0.331. The number of nitrogens with zero attached hydrogens (tertiary/aromatic N) is 2. The first-order valence-electron chi connectivity index (χ1n) is 4.61. The van der Waals surface area contributed by atoms with Crippen LogP contribution in [0.4, 0.5) is 0 Å². The van der Waals surface area contributed by atoms with Gasteiger partial charge in [0.15, 0.2) is 5.69 Å². The Morgan fingerprint density at radius 1 is 1.28 bits per heavy atom. The fourth-order valence-electron chi connectivity index (χ4n) is 1.17. The normalized spacial score (nSPS) is 13.7. The Hall–Kier alpha value is -0.660. The molecule has 0 aliphatic rings. The van der Waals surface area contributed by atoms with E-state index in [1.807, 2.05) is 0 Å². The molecular formula is C7H13N2O7P2+. The molecule has 0 fully saturated rings. The van der Waals surface area contributed by atoms with E-state index >= 15 is 0 Å². The van der Waals surface area contributed by atoms with Gasteiger partial charge in [0.05, 0.1) is 19.7 Å². The maximum absolute atomic E-state index is 11.1. The van der Waals surface area contributed by atoms with Crippen LogP contribution < -0.4 is 4.57 Å². The number of aryl methyl sites for hydroxylation is 1. The van der Waals surface area contributed by atoms with Crippen LogP contribution in [0.25, 0.3) is 0 Å². The zero-order valence-corrected chi connectivity index (χ0v) is 11.1. The van der Waals surface area contributed by atoms with Crippen LogP contribution in [0, 0.1) is 0 Å². The van der Waals surface area contributed by atoms with Crippen molar-refractivity contribution in [2.24, 2.45) is 7.05 Å². The van der Waals surface area contributed by atoms with Gasteiger partial charge < -0.3 is 24.7 Å². The van der Waals surface area contributed by atoms with Gasteiger partial charge in [0.2, 0.25) is 0 Å². The summed E-state index contributed by atoms with van der Waals surface area (Å²) < 4.78 is 23.7. The predicted octanol–water partition coefficient (Wildman–Crippen LogP) is -1.55. The summed E-state index contributed by atoms with van der Waals surface area (Å²) in [7, 11) is -9.25. The van der Waals surface area contributed by atoms with E-state index in [1.165, 1.54) is 23.2 Å². The van der Waals surface area contributed by atoms with Crippen molar-refractivity contribution < 1.29 is 38.4 Å². The topological polar surface area (TPSA) is 152 Å². The van der Waals surface area contributed by atoms with Gasteiger partial charge in [-0.2, -0.15) is 0 Å². The van der Waals surface area contributed by atoms with Crippen molar-refractivity contribution in [1.82, 2.24) is 4.98 Å². The minimum absolute atomic E-state index is 0.0535. The Bertz CT molecular complexity index is 497. The van der Waals surface area contributed by atoms with Crippen LogP contribution >= 0.6 is 15.2 Å². The summed E-state index contributed by atoms with van der Waals surface area (Å²) in [5.74, 6) is 0. The van der Waals surface area contributed by atoms with Gasteiger partial charge in [0.25, 0.3) is 11.4 Å². The molecule has 0 aliphatic heterocycles. The molecule has 0 saturated carbocycles. The SMILES string of the molecule is C[n+]1ccc(CC(O)(P(=O)(O)O)P(=O)(O)O)nc1. The molecule has 102 valence electrons. The Morgan fingerprint density at radius 2 is 1.78 bits per heavy atom. The molecule has 1 aromatic heterocycles. The molecule has 0 radical (unpaired) electrons. The van der Waals surface area contributed by atoms with Crippen LogP contribution in [-0.4, -0.2) is 34.7 Å². The Balaban J connectivity index is 3.20. The number of hydrogen-bond acceptors (Lipinski definition) is 4. The fraction of sp³-hybridized carbons (Fsp3) is 0.429. The Labute approximate surface area is 102 Å². The van der Waals surface area contributed by atoms with E-state index in [0.717, 1.165) is 0 Å². The van der Waals surface area contributed by atoms with E-state index in [0.29, 0.717) is 0 Å². The fourth-order valence-corrected chi connectivity index (χ4v) is 3.27. The highest BCUT2D eigenvalue weighted by Crippen LogP contribution is 2.68. The lowest BCUT2D eigenvalue weighted by molar-refractivity contribution is -0.674. The number of aliphatic hydroxyl groups is 1. The molecular weight excluding hydrogens is 286 g/mol. The first-order chi connectivity index (χ1) is 7.97. The molecule has 0 saturated heterocycles. The van der Waals surface area contributed by atoms with Gasteiger partial charge in [-0.3, -0.25) is 9.13 Å². The van der Waals surface area contributed by atoms with Gasteiger partial charge in [-0.1, -0.05) is 4.98 Å². The molecule has 11 heteroatoms. The van der Waals surface area contributed by atoms with Gasteiger partial charge in [0, 0.05) is 6.07 Å². The smallest absolute Gasteiger partial charge is 0.367 e. The standard InChI is InChI=1S/C7H12N2O7P2/c1-9-3-2-6(8-5-9)4-7(10,17(11,12)13)18(14,15)16/h2-3,5,10H,4H2,1H3,(H3-,11,12,13,14,15,16)/p+1. The summed E-state index contributed by atoms with van der Waals surface area (Å²) in [6, 6.07) is 1.29. The predicted molar refractivity (Wildman–Crippen MR) is 58.2 cm³/mol. The third kappa shape index (κ3) is 3.02. The maximum Gasteiger partial charge on any atom is 0.369 e. The lowest BCUT2D eigenvalue weighted by atomic mass is 10.3. The van der Waals surface area contributed by atoms with Crippen molar-refractivity contribution in [2.75, 3.05) is 0 Å². The molecule has 1 heterocycles. The molecule has 0 atom stereocenters. The van der Waals surface area contributed by atoms with Crippen molar-refractivity contribution in [3.8, 4) is 0 Å². The van der Waals surface area contributed by atoms with E-state index in [4.69, 9.17) is 19.6 Å². The number of aromatic nitrogens is 2. The van der Waals surface area contributed by atoms with Crippen LogP contribution in [0.3, 0.4) is 0 Å². The Morgan fingerprint density at radius 3 is 2.11 bits per heavy atom. The molecule has 0 aliphatic carbocycles. The zero-order valence-electron chi connectivity index (χ0n) is 9.28. The molecule has 9 nitrogen and oxygen atoms in total. The highest BCUT2D eigenvalue weighted by molar-refractivity contribution is 7.72. The zero-order chi connectivity index (χ0) is 14.2. The van der Waals surface area contributed by atoms with Crippen LogP contribution in [0.5, 0.6) is 0 Å². The van der Waals surface area contributed by atoms with Crippen LogP contribution in [0.2, 0.25) is 0 Å². The first kappa shape index (κ1) is 15.4. The largest absolute Gasteiger partial charge is 0.369 e. The van der Waals surface area contributed by atoms with Gasteiger partial charge in [-0.25, -0.2) is 4.57 Å². The van der Waals surface area contributed by atoms with Crippen molar-refractivity contribution in [1.29, 1.82) is 0 Å². The molecule has 0 amide bonds. The van der Waals surface area contributed by atoms with E-state index in [2.05, 4.69) is 4.98 Å². The van der Waals surface area contributed by atoms with Gasteiger partial charge in [0.1, 0.15) is 0 Å². The molecule has 1 aromatic rings. The highest BCUT2D eigenvalue weighted by atomic mass is 31.2. The van der Waals surface area contributed by atoms with Gasteiger partial charge >= 0.3 is 15.2 Å². The van der Waals surface area contributed by atoms with E-state index in [9.17, 15) is 14.2 Å². The summed E-state index contributed by atoms with van der Waals surface area (Å²) in [4.78, 5) is 39.4. The Kier molecular flexibility index (Phi) is 4.10. The second-order valence-corrected chi connectivity index (χ2v) is 7.76. The first-order valence-corrected chi connectivity index (χ1v) is 7.84. The summed E-state index contributed by atoms with van der Waals surface area (Å²) in [6.45, 7) is 0. The molecule has 0 spiro atoms. The average Bonchev–Trinajstić information content (AvgIpc) is 2.18. The lowest BCUT2D eigenvalue weighted by Gasteiger charge is -2.27. The summed E-state index contributed by atoms with van der Waals surface area (Å²) in [5, 5.41) is 6.17. The highest BCUT2D eigenvalue weighted by Gasteiger charge is 2.60. The van der Waals surface area contributed by atoms with Gasteiger partial charge in [-0.15, -0.1) is 0 Å². The monoisotopic (exact) mass is 299 g/mol. The van der Waals surface area contributed by atoms with Crippen LogP contribution in [0.15, 0.2) is 18.6 Å². The summed E-state index contributed by atoms with van der Waals surface area (Å²) in [5.41, 5.74) is -0.0535. The van der Waals surface area contributed by atoms with E-state index < -0.39 is 26.7 Å². The third-order valence-corrected chi connectivity index (χ3v) is 6.00. The second kappa shape index (κ2) is 4.79. The molecule has 1 rings (SSSR count). The molecule has 5 N–H and O–H groups in total. The molecule has 18 heavy (non-hydrogen) atoms. The van der Waals surface area contributed by atoms with Gasteiger partial charge in [-0.05, 0) is 0 Å². The van der Waals surface area contributed by atoms with Crippen LogP contribution in [-0.2, 0) is 22.6 Å². The summed E-state index contributed by atoms with van der Waals surface area (Å²) in [6.07, 6.45) is 1.78. The van der Waals surface area contributed by atoms with Crippen molar-refractivity contribution in [3.05, 3.63) is 24.3 Å². The van der Waals surface area contributed by atoms with Crippen molar-refractivity contribution in [3.63, 3.8) is 0 Å². The third-order valence-electron chi connectivity index (χ3n) is 2.26. The van der Waals surface area contributed by atoms with E-state index in [1.54, 1.807) is 7.05 Å². The molecule has 0 bridgehead atoms. The number of hydrogen-bond donors (Lipinski definition) is 5. The summed E-state index contributed by atoms with van der Waals surface area (Å²) >= 11 is 0. The average molecular weight is 299 g/mol. The minimum Gasteiger partial charge on any atom is -0.367 e. The molecule has 0 unspecified atom stereocenters. The molecule has 0 aromatic carbocycles. The number of rotatable bonds is 4. The van der Waals surface area contributed by atoms with Crippen molar-refractivity contribution in [2.45, 2.75) is 11.5 Å². The van der Waals surface area contributed by atoms with Crippen molar-refractivity contribution >= 4 is 15.2 Å². The minimum atomic E-state index is -5.44. The van der Waals surface area contributed by atoms with E-state index in [-0.39, 0.29) is 5.69 Å². The van der Waals surface area contributed by atoms with Crippen LogP contribution in [0.1, 0.15) is 5.69 Å². The second-order valence-electron chi connectivity index (χ2n) is 3.76.